The third kappa shape index (κ3) is 4.01. The second-order valence-electron chi connectivity index (χ2n) is 6.99. The average molecular weight is 387 g/mol. The number of benzene rings is 2. The van der Waals surface area contributed by atoms with E-state index >= 15 is 0 Å². The third-order valence-electron chi connectivity index (χ3n) is 4.84. The van der Waals surface area contributed by atoms with Gasteiger partial charge in [0.05, 0.1) is 7.11 Å². The Morgan fingerprint density at radius 3 is 2.59 bits per heavy atom. The smallest absolute Gasteiger partial charge is 0.244 e. The summed E-state index contributed by atoms with van der Waals surface area (Å²) >= 11 is 0. The zero-order chi connectivity index (χ0) is 19.6. The van der Waals surface area contributed by atoms with Crippen LogP contribution < -0.4 is 9.46 Å². The molecule has 6 heteroatoms. The van der Waals surface area contributed by atoms with Gasteiger partial charge in [0.15, 0.2) is 0 Å². The number of H-pyrrole nitrogens is 1. The lowest BCUT2D eigenvalue weighted by Gasteiger charge is -2.14. The summed E-state index contributed by atoms with van der Waals surface area (Å²) in [5.74, 6) is 0.592. The molecular weight excluding hydrogens is 360 g/mol. The van der Waals surface area contributed by atoms with Crippen LogP contribution in [0.2, 0.25) is 0 Å². The number of aromatic nitrogens is 1. The van der Waals surface area contributed by atoms with E-state index in [2.05, 4.69) is 15.8 Å². The van der Waals surface area contributed by atoms with Crippen molar-refractivity contribution in [3.63, 3.8) is 0 Å². The van der Waals surface area contributed by atoms with Crippen molar-refractivity contribution in [3.05, 3.63) is 59.3 Å². The minimum Gasteiger partial charge on any atom is -0.495 e. The largest absolute Gasteiger partial charge is 0.495 e. The van der Waals surface area contributed by atoms with Gasteiger partial charge >= 0.3 is 0 Å². The third-order valence-corrected chi connectivity index (χ3v) is 6.32. The number of aryl methyl sites for hydroxylation is 1. The lowest BCUT2D eigenvalue weighted by molar-refractivity contribution is 0.402. The van der Waals surface area contributed by atoms with E-state index in [4.69, 9.17) is 4.74 Å². The van der Waals surface area contributed by atoms with Gasteiger partial charge in [0.25, 0.3) is 0 Å². The van der Waals surface area contributed by atoms with E-state index < -0.39 is 10.0 Å². The normalized spacial score (nSPS) is 12.0. The Hall–Kier alpha value is -2.31. The van der Waals surface area contributed by atoms with E-state index in [0.717, 1.165) is 27.7 Å². The standard InChI is InChI=1S/C21H26N2O3S/c1-14(2)16-9-10-20(26-4)21(13-16)27(24,25)22-12-11-17-15(3)23-19-8-6-5-7-18(17)19/h5-10,13-14,22-23H,11-12H2,1-4H3. The summed E-state index contributed by atoms with van der Waals surface area (Å²) in [6.45, 7) is 6.40. The lowest BCUT2D eigenvalue weighted by atomic mass is 10.0. The molecular formula is C21H26N2O3S. The van der Waals surface area contributed by atoms with E-state index in [1.54, 1.807) is 12.1 Å². The van der Waals surface area contributed by atoms with Gasteiger partial charge in [-0.1, -0.05) is 38.1 Å². The van der Waals surface area contributed by atoms with Gasteiger partial charge in [-0.25, -0.2) is 13.1 Å². The summed E-state index contributed by atoms with van der Waals surface area (Å²) < 4.78 is 33.7. The predicted molar refractivity (Wildman–Crippen MR) is 109 cm³/mol. The molecule has 0 atom stereocenters. The van der Waals surface area contributed by atoms with Crippen molar-refractivity contribution in [2.45, 2.75) is 38.0 Å². The molecule has 0 spiro atoms. The molecule has 0 aliphatic rings. The molecule has 1 aromatic heterocycles. The van der Waals surface area contributed by atoms with Crippen LogP contribution >= 0.6 is 0 Å². The average Bonchev–Trinajstić information content (AvgIpc) is 2.96. The summed E-state index contributed by atoms with van der Waals surface area (Å²) in [5.41, 5.74) is 4.23. The number of aromatic amines is 1. The van der Waals surface area contributed by atoms with Crippen LogP contribution in [0.1, 0.15) is 36.6 Å². The zero-order valence-corrected chi connectivity index (χ0v) is 17.0. The minimum absolute atomic E-state index is 0.187. The number of sulfonamides is 1. The van der Waals surface area contributed by atoms with Gasteiger partial charge in [-0.3, -0.25) is 0 Å². The molecule has 0 unspecified atom stereocenters. The molecule has 0 saturated heterocycles. The maximum Gasteiger partial charge on any atom is 0.244 e. The van der Waals surface area contributed by atoms with Crippen LogP contribution in [-0.2, 0) is 16.4 Å². The van der Waals surface area contributed by atoms with Crippen molar-refractivity contribution >= 4 is 20.9 Å². The van der Waals surface area contributed by atoms with Crippen molar-refractivity contribution in [2.75, 3.05) is 13.7 Å². The first-order valence-electron chi connectivity index (χ1n) is 9.07. The summed E-state index contributed by atoms with van der Waals surface area (Å²) in [6, 6.07) is 13.4. The summed E-state index contributed by atoms with van der Waals surface area (Å²) in [5, 5.41) is 1.13. The van der Waals surface area contributed by atoms with Crippen LogP contribution in [0.25, 0.3) is 10.9 Å². The highest BCUT2D eigenvalue weighted by Gasteiger charge is 2.21. The van der Waals surface area contributed by atoms with Crippen molar-refractivity contribution < 1.29 is 13.2 Å². The predicted octanol–water partition coefficient (Wildman–Crippen LogP) is 4.13. The molecule has 0 radical (unpaired) electrons. The van der Waals surface area contributed by atoms with Crippen LogP contribution in [0.15, 0.2) is 47.4 Å². The summed E-state index contributed by atoms with van der Waals surface area (Å²) in [6.07, 6.45) is 0.612. The second kappa shape index (κ2) is 7.74. The SMILES string of the molecule is COc1ccc(C(C)C)cc1S(=O)(=O)NCCc1c(C)[nH]c2ccccc12. The van der Waals surface area contributed by atoms with Gasteiger partial charge in [-0.05, 0) is 48.6 Å². The van der Waals surface area contributed by atoms with E-state index in [1.165, 1.54) is 7.11 Å². The quantitative estimate of drug-likeness (QED) is 0.641. The summed E-state index contributed by atoms with van der Waals surface area (Å²) in [4.78, 5) is 3.53. The molecule has 2 aromatic carbocycles. The van der Waals surface area contributed by atoms with E-state index in [-0.39, 0.29) is 10.8 Å². The number of hydrogen-bond acceptors (Lipinski definition) is 3. The molecule has 0 amide bonds. The van der Waals surface area contributed by atoms with E-state index in [0.29, 0.717) is 18.7 Å². The Morgan fingerprint density at radius 1 is 1.15 bits per heavy atom. The van der Waals surface area contributed by atoms with Crippen LogP contribution in [0.4, 0.5) is 0 Å². The van der Waals surface area contributed by atoms with Gasteiger partial charge in [-0.15, -0.1) is 0 Å². The second-order valence-corrected chi connectivity index (χ2v) is 8.72. The molecule has 5 nitrogen and oxygen atoms in total. The first kappa shape index (κ1) is 19.5. The monoisotopic (exact) mass is 386 g/mol. The fourth-order valence-corrected chi connectivity index (χ4v) is 4.54. The van der Waals surface area contributed by atoms with Crippen LogP contribution in [0.5, 0.6) is 5.75 Å². The minimum atomic E-state index is -3.66. The highest BCUT2D eigenvalue weighted by atomic mass is 32.2. The van der Waals surface area contributed by atoms with Crippen molar-refractivity contribution in [3.8, 4) is 5.75 Å². The van der Waals surface area contributed by atoms with E-state index in [9.17, 15) is 8.42 Å². The maximum atomic E-state index is 12.9. The molecule has 0 aliphatic carbocycles. The Labute approximate surface area is 160 Å². The summed E-state index contributed by atoms with van der Waals surface area (Å²) in [7, 11) is -2.18. The number of fused-ring (bicyclic) bond motifs is 1. The van der Waals surface area contributed by atoms with Gasteiger partial charge in [-0.2, -0.15) is 0 Å². The topological polar surface area (TPSA) is 71.2 Å². The van der Waals surface area contributed by atoms with Crippen molar-refractivity contribution in [1.29, 1.82) is 0 Å². The van der Waals surface area contributed by atoms with Crippen molar-refractivity contribution in [1.82, 2.24) is 9.71 Å². The number of rotatable bonds is 7. The molecule has 27 heavy (non-hydrogen) atoms. The molecule has 3 rings (SSSR count). The number of ether oxygens (including phenoxy) is 1. The number of nitrogens with one attached hydrogen (secondary N) is 2. The highest BCUT2D eigenvalue weighted by Crippen LogP contribution is 2.28. The van der Waals surface area contributed by atoms with Gasteiger partial charge < -0.3 is 9.72 Å². The molecule has 0 aliphatic heterocycles. The number of hydrogen-bond donors (Lipinski definition) is 2. The molecule has 3 aromatic rings. The van der Waals surface area contributed by atoms with Crippen LogP contribution in [0, 0.1) is 6.92 Å². The fraction of sp³-hybridized carbons (Fsp3) is 0.333. The zero-order valence-electron chi connectivity index (χ0n) is 16.2. The van der Waals surface area contributed by atoms with E-state index in [1.807, 2.05) is 45.0 Å². The fourth-order valence-electron chi connectivity index (χ4n) is 3.31. The Bertz CT molecular complexity index is 1050. The molecule has 0 fully saturated rings. The van der Waals surface area contributed by atoms with Crippen LogP contribution in [-0.4, -0.2) is 27.1 Å². The van der Waals surface area contributed by atoms with Crippen molar-refractivity contribution in [2.24, 2.45) is 0 Å². The Balaban J connectivity index is 1.81. The maximum absolute atomic E-state index is 12.9. The van der Waals surface area contributed by atoms with Gasteiger partial charge in [0, 0.05) is 23.1 Å². The Kier molecular flexibility index (Phi) is 5.58. The molecule has 0 bridgehead atoms. The van der Waals surface area contributed by atoms with Crippen LogP contribution in [0.3, 0.4) is 0 Å². The highest BCUT2D eigenvalue weighted by molar-refractivity contribution is 7.89. The van der Waals surface area contributed by atoms with Gasteiger partial charge in [0.1, 0.15) is 10.6 Å². The molecule has 1 heterocycles. The van der Waals surface area contributed by atoms with Gasteiger partial charge in [0.2, 0.25) is 10.0 Å². The Morgan fingerprint density at radius 2 is 1.89 bits per heavy atom. The molecule has 144 valence electrons. The number of para-hydroxylation sites is 1. The lowest BCUT2D eigenvalue weighted by Crippen LogP contribution is -2.26. The molecule has 0 saturated carbocycles. The molecule has 2 N–H and O–H groups in total. The first-order valence-corrected chi connectivity index (χ1v) is 10.6. The number of methoxy groups -OCH3 is 1. The first-order chi connectivity index (χ1) is 12.8.